The third kappa shape index (κ3) is 76.1. The van der Waals surface area contributed by atoms with Crippen LogP contribution in [0.15, 0.2) is 0 Å². The summed E-state index contributed by atoms with van der Waals surface area (Å²) in [5, 5.41) is 9.15. The van der Waals surface area contributed by atoms with Gasteiger partial charge in [0.2, 0.25) is 0 Å². The van der Waals surface area contributed by atoms with Crippen LogP contribution in [0.3, 0.4) is 0 Å². The van der Waals surface area contributed by atoms with Crippen LogP contribution in [0.2, 0.25) is 0 Å². The van der Waals surface area contributed by atoms with Gasteiger partial charge in [-0.1, -0.05) is 34.6 Å². The molecule has 1 amide bonds. The smallest absolute Gasteiger partial charge is 0.407 e. The summed E-state index contributed by atoms with van der Waals surface area (Å²) < 4.78 is 4.14. The van der Waals surface area contributed by atoms with Crippen molar-refractivity contribution >= 4 is 12.4 Å². The number of rotatable bonds is 2. The van der Waals surface area contributed by atoms with Crippen molar-refractivity contribution < 1.29 is 19.4 Å². The number of aldehydes is 1. The van der Waals surface area contributed by atoms with Crippen molar-refractivity contribution in [1.29, 1.82) is 0 Å². The normalized spacial score (nSPS) is 6.81. The van der Waals surface area contributed by atoms with Crippen LogP contribution < -0.4 is 5.32 Å². The van der Waals surface area contributed by atoms with Crippen molar-refractivity contribution in [3.05, 3.63) is 0 Å². The zero-order valence-corrected chi connectivity index (χ0v) is 11.5. The minimum Gasteiger partial charge on any atom is -0.453 e. The molecule has 0 aromatic carbocycles. The third-order valence-corrected chi connectivity index (χ3v) is 0.515. The lowest BCUT2D eigenvalue weighted by molar-refractivity contribution is -0.107. The number of alkyl carbamates (subject to hydrolysis) is 1. The maximum atomic E-state index is 10.1. The molecule has 0 radical (unpaired) electrons. The molecular formula is C11H27NO4. The zero-order chi connectivity index (χ0) is 14.0. The Balaban J connectivity index is -0.0000000761. The summed E-state index contributed by atoms with van der Waals surface area (Å²) in [7, 11) is 2.24. The molecule has 0 aromatic heterocycles. The Kier molecular flexibility index (Phi) is 44.2. The number of amides is 1. The number of carbonyl (C=O) groups excluding carboxylic acids is 2. The standard InChI is InChI=1S/C4H7NO3.C4H10.C2H6.CH4O/c1-8-4(7)5-2-3-6;1-4(2)3;2*1-2/h3H,2H2,1H3,(H,5,7);4H,1-3H3;1-2H3;2H,1H3. The van der Waals surface area contributed by atoms with Gasteiger partial charge in [-0.05, 0) is 5.92 Å². The van der Waals surface area contributed by atoms with Gasteiger partial charge in [-0.15, -0.1) is 0 Å². The van der Waals surface area contributed by atoms with Crippen LogP contribution in [-0.4, -0.2) is 38.3 Å². The van der Waals surface area contributed by atoms with E-state index in [2.05, 4.69) is 30.8 Å². The highest BCUT2D eigenvalue weighted by Gasteiger charge is 1.92. The van der Waals surface area contributed by atoms with Crippen LogP contribution >= 0.6 is 0 Å². The molecule has 0 aromatic rings. The highest BCUT2D eigenvalue weighted by atomic mass is 16.5. The number of aliphatic hydroxyl groups excluding tert-OH is 1. The maximum absolute atomic E-state index is 10.1. The van der Waals surface area contributed by atoms with Gasteiger partial charge in [0.15, 0.2) is 0 Å². The molecule has 100 valence electrons. The van der Waals surface area contributed by atoms with E-state index in [-0.39, 0.29) is 6.54 Å². The van der Waals surface area contributed by atoms with Gasteiger partial charge in [0.25, 0.3) is 0 Å². The average molecular weight is 237 g/mol. The lowest BCUT2D eigenvalue weighted by Gasteiger charge is -1.94. The summed E-state index contributed by atoms with van der Waals surface area (Å²) in [6, 6.07) is 0. The molecule has 0 saturated carbocycles. The molecule has 2 N–H and O–H groups in total. The monoisotopic (exact) mass is 237 g/mol. The molecule has 0 bridgehead atoms. The maximum Gasteiger partial charge on any atom is 0.407 e. The van der Waals surface area contributed by atoms with Crippen molar-refractivity contribution in [2.45, 2.75) is 34.6 Å². The van der Waals surface area contributed by atoms with Gasteiger partial charge in [-0.3, -0.25) is 0 Å². The molecule has 5 nitrogen and oxygen atoms in total. The van der Waals surface area contributed by atoms with E-state index in [1.54, 1.807) is 0 Å². The number of carbonyl (C=O) groups is 2. The lowest BCUT2D eigenvalue weighted by atomic mass is 10.3. The number of nitrogens with one attached hydrogen (secondary N) is 1. The minimum absolute atomic E-state index is 0.00662. The summed E-state index contributed by atoms with van der Waals surface area (Å²) in [5.74, 6) is 0.833. The van der Waals surface area contributed by atoms with Crippen LogP contribution in [0.1, 0.15) is 34.6 Å². The Morgan fingerprint density at radius 2 is 1.62 bits per heavy atom. The van der Waals surface area contributed by atoms with E-state index in [1.165, 1.54) is 7.11 Å². The highest BCUT2D eigenvalue weighted by Crippen LogP contribution is 1.81. The molecule has 0 heterocycles. The van der Waals surface area contributed by atoms with Gasteiger partial charge in [0, 0.05) is 7.11 Å². The topological polar surface area (TPSA) is 75.6 Å². The Hall–Kier alpha value is -1.10. The Morgan fingerprint density at radius 3 is 1.81 bits per heavy atom. The van der Waals surface area contributed by atoms with Crippen molar-refractivity contribution in [2.75, 3.05) is 20.8 Å². The van der Waals surface area contributed by atoms with Gasteiger partial charge >= 0.3 is 6.09 Å². The number of hydrogen-bond acceptors (Lipinski definition) is 4. The third-order valence-electron chi connectivity index (χ3n) is 0.515. The molecule has 0 aliphatic rings. The fraction of sp³-hybridized carbons (Fsp3) is 0.818. The van der Waals surface area contributed by atoms with Crippen LogP contribution in [-0.2, 0) is 9.53 Å². The van der Waals surface area contributed by atoms with Crippen molar-refractivity contribution in [3.63, 3.8) is 0 Å². The second-order valence-corrected chi connectivity index (χ2v) is 2.77. The van der Waals surface area contributed by atoms with E-state index < -0.39 is 6.09 Å². The number of aliphatic hydroxyl groups is 1. The summed E-state index contributed by atoms with van der Waals surface area (Å²) >= 11 is 0. The van der Waals surface area contributed by atoms with Crippen LogP contribution in [0.4, 0.5) is 4.79 Å². The van der Waals surface area contributed by atoms with Gasteiger partial charge < -0.3 is 20.0 Å². The average Bonchev–Trinajstić information content (AvgIpc) is 2.30. The number of hydrogen-bond donors (Lipinski definition) is 2. The first-order chi connectivity index (χ1) is 7.54. The second-order valence-electron chi connectivity index (χ2n) is 2.77. The summed E-state index contributed by atoms with van der Waals surface area (Å²) in [5.41, 5.74) is 0. The molecule has 0 fully saturated rings. The first-order valence-corrected chi connectivity index (χ1v) is 5.24. The quantitative estimate of drug-likeness (QED) is 0.718. The predicted octanol–water partition coefficient (Wildman–Crippen LogP) is 1.84. The molecule has 16 heavy (non-hydrogen) atoms. The molecule has 0 atom stereocenters. The summed E-state index contributed by atoms with van der Waals surface area (Å²) in [4.78, 5) is 19.6. The largest absolute Gasteiger partial charge is 0.453 e. The fourth-order valence-electron chi connectivity index (χ4n) is 0.197. The molecule has 0 rings (SSSR count). The van der Waals surface area contributed by atoms with E-state index in [0.29, 0.717) is 6.29 Å². The molecule has 0 aliphatic carbocycles. The molecule has 0 aliphatic heterocycles. The van der Waals surface area contributed by atoms with E-state index in [0.717, 1.165) is 13.0 Å². The van der Waals surface area contributed by atoms with E-state index in [1.807, 2.05) is 13.8 Å². The molecular weight excluding hydrogens is 210 g/mol. The van der Waals surface area contributed by atoms with E-state index in [9.17, 15) is 9.59 Å². The molecule has 0 saturated heterocycles. The molecule has 0 unspecified atom stereocenters. The first-order valence-electron chi connectivity index (χ1n) is 5.24. The van der Waals surface area contributed by atoms with Gasteiger partial charge in [-0.25, -0.2) is 4.79 Å². The van der Waals surface area contributed by atoms with E-state index >= 15 is 0 Å². The SMILES string of the molecule is CC.CC(C)C.CO.COC(=O)NCC=O. The number of ether oxygens (including phenoxy) is 1. The highest BCUT2D eigenvalue weighted by molar-refractivity contribution is 5.70. The van der Waals surface area contributed by atoms with Crippen LogP contribution in [0.5, 0.6) is 0 Å². The molecule has 0 spiro atoms. The molecule has 5 heteroatoms. The summed E-state index contributed by atoms with van der Waals surface area (Å²) in [6.07, 6.45) is -0.00574. The fourth-order valence-corrected chi connectivity index (χ4v) is 0.197. The zero-order valence-electron chi connectivity index (χ0n) is 11.5. The Bertz CT molecular complexity index is 124. The van der Waals surface area contributed by atoms with Crippen LogP contribution in [0.25, 0.3) is 0 Å². The van der Waals surface area contributed by atoms with Gasteiger partial charge in [0.05, 0.1) is 13.7 Å². The van der Waals surface area contributed by atoms with E-state index in [4.69, 9.17) is 5.11 Å². The Labute approximate surface area is 99.2 Å². The first kappa shape index (κ1) is 24.2. The second kappa shape index (κ2) is 29.2. The lowest BCUT2D eigenvalue weighted by Crippen LogP contribution is -2.24. The number of methoxy groups -OCH3 is 1. The van der Waals surface area contributed by atoms with Gasteiger partial charge in [-0.2, -0.15) is 0 Å². The van der Waals surface area contributed by atoms with Crippen molar-refractivity contribution in [2.24, 2.45) is 5.92 Å². The Morgan fingerprint density at radius 1 is 1.31 bits per heavy atom. The van der Waals surface area contributed by atoms with Gasteiger partial charge in [0.1, 0.15) is 6.29 Å². The predicted molar refractivity (Wildman–Crippen MR) is 66.5 cm³/mol. The summed E-state index contributed by atoms with van der Waals surface area (Å²) in [6.45, 7) is 10.5. The van der Waals surface area contributed by atoms with Crippen molar-refractivity contribution in [1.82, 2.24) is 5.32 Å². The van der Waals surface area contributed by atoms with Crippen molar-refractivity contribution in [3.8, 4) is 0 Å². The van der Waals surface area contributed by atoms with Crippen LogP contribution in [0, 0.1) is 5.92 Å². The minimum atomic E-state index is -0.586.